The Morgan fingerprint density at radius 2 is 1.78 bits per heavy atom. The average molecular weight is 383 g/mol. The van der Waals surface area contributed by atoms with Gasteiger partial charge in [0.1, 0.15) is 23.7 Å². The summed E-state index contributed by atoms with van der Waals surface area (Å²) < 4.78 is 9.91. The molecule has 2 N–H and O–H groups in total. The first-order chi connectivity index (χ1) is 12.5. The maximum atomic E-state index is 12.8. The van der Waals surface area contributed by atoms with Crippen molar-refractivity contribution < 1.29 is 28.7 Å². The molecule has 0 bridgehead atoms. The van der Waals surface area contributed by atoms with Gasteiger partial charge in [0.2, 0.25) is 11.8 Å². The van der Waals surface area contributed by atoms with Crippen molar-refractivity contribution in [3.8, 4) is 0 Å². The number of hydrogen-bond donors (Lipinski definition) is 2. The van der Waals surface area contributed by atoms with Crippen LogP contribution in [-0.2, 0) is 23.9 Å². The number of rotatable bonds is 4. The zero-order chi connectivity index (χ0) is 20.4. The molecule has 9 heteroatoms. The van der Waals surface area contributed by atoms with E-state index in [2.05, 4.69) is 10.6 Å². The number of fused-ring (bicyclic) bond motifs is 1. The summed E-state index contributed by atoms with van der Waals surface area (Å²) in [6.45, 7) is 6.69. The Balaban J connectivity index is 1.94. The maximum Gasteiger partial charge on any atom is 0.408 e. The zero-order valence-electron chi connectivity index (χ0n) is 16.5. The summed E-state index contributed by atoms with van der Waals surface area (Å²) in [5, 5.41) is 5.13. The molecule has 0 spiro atoms. The van der Waals surface area contributed by atoms with Crippen LogP contribution in [0.1, 0.15) is 53.4 Å². The summed E-state index contributed by atoms with van der Waals surface area (Å²) in [5.41, 5.74) is -0.673. The maximum absolute atomic E-state index is 12.8. The van der Waals surface area contributed by atoms with E-state index in [9.17, 15) is 19.2 Å². The number of esters is 1. The molecule has 0 unspecified atom stereocenters. The fourth-order valence-electron chi connectivity index (χ4n) is 3.51. The smallest absolute Gasteiger partial charge is 0.408 e. The third-order valence-corrected chi connectivity index (χ3v) is 4.76. The van der Waals surface area contributed by atoms with E-state index in [1.54, 1.807) is 25.7 Å². The van der Waals surface area contributed by atoms with E-state index in [0.29, 0.717) is 19.3 Å². The first-order valence-electron chi connectivity index (χ1n) is 9.23. The van der Waals surface area contributed by atoms with Gasteiger partial charge in [-0.05, 0) is 53.4 Å². The van der Waals surface area contributed by atoms with Gasteiger partial charge in [-0.1, -0.05) is 0 Å². The monoisotopic (exact) mass is 383 g/mol. The number of piperidine rings is 1. The lowest BCUT2D eigenvalue weighted by atomic mass is 9.98. The fraction of sp³-hybridized carbons (Fsp3) is 0.778. The zero-order valence-corrected chi connectivity index (χ0v) is 16.5. The lowest BCUT2D eigenvalue weighted by Crippen LogP contribution is -2.59. The molecule has 2 heterocycles. The highest BCUT2D eigenvalue weighted by molar-refractivity contribution is 5.93. The van der Waals surface area contributed by atoms with Crippen LogP contribution in [0.25, 0.3) is 0 Å². The molecular formula is C18H29N3O6. The largest absolute Gasteiger partial charge is 0.467 e. The number of ether oxygens (including phenoxy) is 2. The molecule has 9 nitrogen and oxygen atoms in total. The van der Waals surface area contributed by atoms with Crippen molar-refractivity contribution in [1.29, 1.82) is 0 Å². The van der Waals surface area contributed by atoms with Gasteiger partial charge in [-0.25, -0.2) is 9.59 Å². The van der Waals surface area contributed by atoms with E-state index in [-0.39, 0.29) is 11.9 Å². The molecule has 0 aromatic carbocycles. The van der Waals surface area contributed by atoms with Crippen LogP contribution in [0.5, 0.6) is 0 Å². The van der Waals surface area contributed by atoms with Crippen molar-refractivity contribution in [3.05, 3.63) is 0 Å². The third-order valence-electron chi connectivity index (χ3n) is 4.76. The molecule has 2 aliphatic heterocycles. The van der Waals surface area contributed by atoms with Crippen molar-refractivity contribution in [2.45, 2.75) is 83.1 Å². The number of amides is 3. The molecule has 152 valence electrons. The van der Waals surface area contributed by atoms with Crippen LogP contribution in [0, 0.1) is 0 Å². The lowest BCUT2D eigenvalue weighted by molar-refractivity contribution is -0.155. The first-order valence-corrected chi connectivity index (χ1v) is 9.23. The summed E-state index contributed by atoms with van der Waals surface area (Å²) in [6, 6.07) is -2.17. The molecule has 0 aromatic rings. The summed E-state index contributed by atoms with van der Waals surface area (Å²) in [6.07, 6.45) is 1.82. The van der Waals surface area contributed by atoms with Crippen LogP contribution in [0.4, 0.5) is 4.79 Å². The average Bonchev–Trinajstić information content (AvgIpc) is 2.99. The topological polar surface area (TPSA) is 114 Å². The highest BCUT2D eigenvalue weighted by atomic mass is 16.6. The van der Waals surface area contributed by atoms with Crippen LogP contribution in [0.3, 0.4) is 0 Å². The minimum absolute atomic E-state index is 0.00654. The fourth-order valence-corrected chi connectivity index (χ4v) is 3.51. The van der Waals surface area contributed by atoms with Crippen molar-refractivity contribution in [3.63, 3.8) is 0 Å². The second kappa shape index (κ2) is 8.14. The molecule has 0 radical (unpaired) electrons. The summed E-state index contributed by atoms with van der Waals surface area (Å²) >= 11 is 0. The Morgan fingerprint density at radius 3 is 2.37 bits per heavy atom. The predicted molar refractivity (Wildman–Crippen MR) is 95.7 cm³/mol. The van der Waals surface area contributed by atoms with Gasteiger partial charge in [-0.2, -0.15) is 0 Å². The molecular weight excluding hydrogens is 354 g/mol. The van der Waals surface area contributed by atoms with Gasteiger partial charge in [0, 0.05) is 6.04 Å². The Morgan fingerprint density at radius 1 is 1.15 bits per heavy atom. The molecule has 2 saturated heterocycles. The van der Waals surface area contributed by atoms with Gasteiger partial charge >= 0.3 is 12.1 Å². The number of carbonyl (C=O) groups excluding carboxylic acids is 4. The summed E-state index contributed by atoms with van der Waals surface area (Å²) in [4.78, 5) is 50.4. The normalized spacial score (nSPS) is 26.0. The second-order valence-electron chi connectivity index (χ2n) is 8.02. The molecule has 2 rings (SSSR count). The minimum Gasteiger partial charge on any atom is -0.467 e. The summed E-state index contributed by atoms with van der Waals surface area (Å²) in [5.74, 6) is -1.19. The number of hydrogen-bond acceptors (Lipinski definition) is 6. The van der Waals surface area contributed by atoms with Gasteiger partial charge < -0.3 is 25.0 Å². The van der Waals surface area contributed by atoms with Crippen LogP contribution in [-0.4, -0.2) is 65.7 Å². The van der Waals surface area contributed by atoms with Crippen molar-refractivity contribution in [1.82, 2.24) is 15.5 Å². The van der Waals surface area contributed by atoms with Crippen molar-refractivity contribution in [2.75, 3.05) is 7.11 Å². The third kappa shape index (κ3) is 5.11. The second-order valence-corrected chi connectivity index (χ2v) is 8.02. The number of nitrogens with zero attached hydrogens (tertiary/aromatic N) is 1. The Hall–Kier alpha value is -2.32. The first kappa shape index (κ1) is 21.0. The molecule has 2 fully saturated rings. The molecule has 0 aliphatic carbocycles. The van der Waals surface area contributed by atoms with Gasteiger partial charge in [0.15, 0.2) is 0 Å². The molecule has 0 aromatic heterocycles. The Bertz CT molecular complexity index is 615. The molecule has 0 saturated carbocycles. The van der Waals surface area contributed by atoms with Crippen molar-refractivity contribution in [2.24, 2.45) is 0 Å². The van der Waals surface area contributed by atoms with Crippen LogP contribution >= 0.6 is 0 Å². The van der Waals surface area contributed by atoms with E-state index in [1.807, 2.05) is 0 Å². The number of alkyl carbamates (subject to hydrolysis) is 1. The van der Waals surface area contributed by atoms with Gasteiger partial charge in [0.25, 0.3) is 0 Å². The molecule has 4 atom stereocenters. The van der Waals surface area contributed by atoms with E-state index in [0.717, 1.165) is 6.42 Å². The molecule has 2 aliphatic rings. The van der Waals surface area contributed by atoms with Crippen molar-refractivity contribution >= 4 is 23.9 Å². The van der Waals surface area contributed by atoms with Gasteiger partial charge in [-0.3, -0.25) is 9.59 Å². The minimum atomic E-state index is -0.861. The number of nitrogens with one attached hydrogen (secondary N) is 2. The quantitative estimate of drug-likeness (QED) is 0.691. The number of carbonyl (C=O) groups is 4. The van der Waals surface area contributed by atoms with Gasteiger partial charge in [-0.15, -0.1) is 0 Å². The standard InChI is InChI=1S/C18H29N3O6/c1-10(19-17(25)27-18(2,3)4)14(22)20-12-8-6-11-7-9-13(16(24)26-5)21(11)15(12)23/h10-13H,6-9H2,1-5H3,(H,19,25)(H,20,22)/t10-,11+,12-,13-/m0/s1. The van der Waals surface area contributed by atoms with Gasteiger partial charge in [0.05, 0.1) is 7.11 Å². The van der Waals surface area contributed by atoms with Crippen LogP contribution in [0.2, 0.25) is 0 Å². The Kier molecular flexibility index (Phi) is 6.33. The van der Waals surface area contributed by atoms with E-state index in [1.165, 1.54) is 14.0 Å². The predicted octanol–water partition coefficient (Wildman–Crippen LogP) is 0.711. The van der Waals surface area contributed by atoms with E-state index >= 15 is 0 Å². The molecule has 3 amide bonds. The highest BCUT2D eigenvalue weighted by Crippen LogP contribution is 2.33. The van der Waals surface area contributed by atoms with E-state index < -0.39 is 41.7 Å². The summed E-state index contributed by atoms with van der Waals surface area (Å²) in [7, 11) is 1.30. The SMILES string of the molecule is COC(=O)[C@@H]1CC[C@H]2CC[C@H](NC(=O)[C@H](C)NC(=O)OC(C)(C)C)C(=O)N21. The number of methoxy groups -OCH3 is 1. The van der Waals surface area contributed by atoms with Crippen LogP contribution in [0.15, 0.2) is 0 Å². The van der Waals surface area contributed by atoms with Crippen LogP contribution < -0.4 is 10.6 Å². The highest BCUT2D eigenvalue weighted by Gasteiger charge is 2.47. The lowest BCUT2D eigenvalue weighted by Gasteiger charge is -2.37. The Labute approximate surface area is 159 Å². The molecule has 27 heavy (non-hydrogen) atoms. The van der Waals surface area contributed by atoms with E-state index in [4.69, 9.17) is 9.47 Å².